The summed E-state index contributed by atoms with van der Waals surface area (Å²) < 4.78 is 0. The van der Waals surface area contributed by atoms with Gasteiger partial charge in [0.15, 0.2) is 0 Å². The topological polar surface area (TPSA) is 55.2 Å². The van der Waals surface area contributed by atoms with Crippen molar-refractivity contribution in [3.05, 3.63) is 27.1 Å². The Hall–Kier alpha value is -0.590. The summed E-state index contributed by atoms with van der Waals surface area (Å²) in [6, 6.07) is 1.65. The molecule has 1 aliphatic heterocycles. The summed E-state index contributed by atoms with van der Waals surface area (Å²) in [4.78, 5) is 10.2. The normalized spacial score (nSPS) is 20.1. The van der Waals surface area contributed by atoms with E-state index in [1.54, 1.807) is 6.07 Å². The standard InChI is InChI=1S/C10H14N2O2S2/c13-12(14)10-4-8(7-16-10)5-11-6-9-2-1-3-15-9/h4,7,9,11H,1-3,5-6H2. The highest BCUT2D eigenvalue weighted by molar-refractivity contribution is 8.00. The number of hydrogen-bond acceptors (Lipinski definition) is 5. The van der Waals surface area contributed by atoms with Gasteiger partial charge >= 0.3 is 5.00 Å². The Morgan fingerprint density at radius 3 is 3.12 bits per heavy atom. The van der Waals surface area contributed by atoms with E-state index in [2.05, 4.69) is 5.32 Å². The fraction of sp³-hybridized carbons (Fsp3) is 0.600. The molecule has 1 aromatic heterocycles. The van der Waals surface area contributed by atoms with Gasteiger partial charge < -0.3 is 5.32 Å². The van der Waals surface area contributed by atoms with Gasteiger partial charge in [0, 0.05) is 29.8 Å². The van der Waals surface area contributed by atoms with Gasteiger partial charge in [-0.15, -0.1) is 0 Å². The lowest BCUT2D eigenvalue weighted by molar-refractivity contribution is -0.380. The minimum Gasteiger partial charge on any atom is -0.312 e. The van der Waals surface area contributed by atoms with Crippen molar-refractivity contribution in [2.45, 2.75) is 24.6 Å². The summed E-state index contributed by atoms with van der Waals surface area (Å²) in [7, 11) is 0. The minimum atomic E-state index is -0.332. The Kier molecular flexibility index (Phi) is 4.20. The van der Waals surface area contributed by atoms with E-state index >= 15 is 0 Å². The molecule has 88 valence electrons. The van der Waals surface area contributed by atoms with Gasteiger partial charge in [0.05, 0.1) is 4.92 Å². The molecule has 0 radical (unpaired) electrons. The van der Waals surface area contributed by atoms with Crippen LogP contribution in [0.3, 0.4) is 0 Å². The maximum atomic E-state index is 10.5. The zero-order valence-corrected chi connectivity index (χ0v) is 10.5. The summed E-state index contributed by atoms with van der Waals surface area (Å²) >= 11 is 3.22. The molecule has 1 saturated heterocycles. The first kappa shape index (κ1) is 11.9. The van der Waals surface area contributed by atoms with Gasteiger partial charge in [0.2, 0.25) is 0 Å². The highest BCUT2D eigenvalue weighted by Crippen LogP contribution is 2.26. The Balaban J connectivity index is 1.74. The molecule has 1 aliphatic rings. The van der Waals surface area contributed by atoms with Gasteiger partial charge in [0.1, 0.15) is 0 Å². The van der Waals surface area contributed by atoms with E-state index in [-0.39, 0.29) is 9.92 Å². The van der Waals surface area contributed by atoms with Crippen LogP contribution in [-0.2, 0) is 6.54 Å². The summed E-state index contributed by atoms with van der Waals surface area (Å²) in [6.45, 7) is 1.75. The Morgan fingerprint density at radius 2 is 2.50 bits per heavy atom. The third kappa shape index (κ3) is 3.20. The van der Waals surface area contributed by atoms with Gasteiger partial charge in [-0.2, -0.15) is 11.8 Å². The largest absolute Gasteiger partial charge is 0.324 e. The van der Waals surface area contributed by atoms with Gasteiger partial charge in [-0.25, -0.2) is 0 Å². The number of thiophene rings is 1. The van der Waals surface area contributed by atoms with Crippen LogP contribution in [-0.4, -0.2) is 22.5 Å². The average molecular weight is 258 g/mol. The zero-order valence-electron chi connectivity index (χ0n) is 8.85. The fourth-order valence-corrected chi connectivity index (χ4v) is 3.70. The molecule has 2 rings (SSSR count). The Morgan fingerprint density at radius 1 is 1.62 bits per heavy atom. The molecule has 1 atom stereocenters. The predicted molar refractivity (Wildman–Crippen MR) is 68.2 cm³/mol. The first-order valence-corrected chi connectivity index (χ1v) is 7.22. The second kappa shape index (κ2) is 5.65. The molecule has 0 amide bonds. The van der Waals surface area contributed by atoms with Crippen LogP contribution in [0, 0.1) is 10.1 Å². The maximum absolute atomic E-state index is 10.5. The van der Waals surface area contributed by atoms with Gasteiger partial charge in [0.25, 0.3) is 0 Å². The molecule has 6 heteroatoms. The SMILES string of the molecule is O=[N+]([O-])c1cc(CNCC2CCCS2)cs1. The molecule has 0 aromatic carbocycles. The average Bonchev–Trinajstić information content (AvgIpc) is 2.87. The van der Waals surface area contributed by atoms with E-state index in [4.69, 9.17) is 0 Å². The third-order valence-corrected chi connectivity index (χ3v) is 4.87. The van der Waals surface area contributed by atoms with Crippen molar-refractivity contribution in [1.29, 1.82) is 0 Å². The summed E-state index contributed by atoms with van der Waals surface area (Å²) in [5, 5.41) is 16.7. The van der Waals surface area contributed by atoms with Crippen molar-refractivity contribution in [1.82, 2.24) is 5.32 Å². The van der Waals surface area contributed by atoms with E-state index in [0.717, 1.165) is 23.9 Å². The first-order valence-electron chi connectivity index (χ1n) is 5.30. The third-order valence-electron chi connectivity index (χ3n) is 2.54. The highest BCUT2D eigenvalue weighted by Gasteiger charge is 2.15. The molecule has 0 saturated carbocycles. The lowest BCUT2D eigenvalue weighted by atomic mass is 10.2. The van der Waals surface area contributed by atoms with E-state index in [0.29, 0.717) is 0 Å². The van der Waals surface area contributed by atoms with Crippen LogP contribution in [0.25, 0.3) is 0 Å². The molecule has 2 heterocycles. The van der Waals surface area contributed by atoms with Crippen molar-refractivity contribution >= 4 is 28.1 Å². The smallest absolute Gasteiger partial charge is 0.312 e. The maximum Gasteiger partial charge on any atom is 0.324 e. The molecule has 1 unspecified atom stereocenters. The Bertz CT molecular complexity index is 361. The molecule has 0 bridgehead atoms. The van der Waals surface area contributed by atoms with E-state index in [1.807, 2.05) is 17.1 Å². The number of nitro groups is 1. The van der Waals surface area contributed by atoms with Crippen molar-refractivity contribution in [2.24, 2.45) is 0 Å². The van der Waals surface area contributed by atoms with Gasteiger partial charge in [-0.1, -0.05) is 11.3 Å². The predicted octanol–water partition coefficient (Wildman–Crippen LogP) is 2.64. The summed E-state index contributed by atoms with van der Waals surface area (Å²) in [5.41, 5.74) is 1.01. The molecule has 4 nitrogen and oxygen atoms in total. The zero-order chi connectivity index (χ0) is 11.4. The molecule has 1 N–H and O–H groups in total. The molecule has 1 aromatic rings. The van der Waals surface area contributed by atoms with Crippen molar-refractivity contribution in [3.8, 4) is 0 Å². The van der Waals surface area contributed by atoms with Crippen LogP contribution < -0.4 is 5.32 Å². The van der Waals surface area contributed by atoms with Crippen molar-refractivity contribution < 1.29 is 4.92 Å². The first-order chi connectivity index (χ1) is 7.75. The number of hydrogen-bond donors (Lipinski definition) is 1. The van der Waals surface area contributed by atoms with Crippen LogP contribution in [0.4, 0.5) is 5.00 Å². The second-order valence-corrected chi connectivity index (χ2v) is 6.11. The lowest BCUT2D eigenvalue weighted by Gasteiger charge is -2.08. The fourth-order valence-electron chi connectivity index (χ4n) is 1.73. The molecular formula is C10H14N2O2S2. The monoisotopic (exact) mass is 258 g/mol. The second-order valence-electron chi connectivity index (χ2n) is 3.82. The van der Waals surface area contributed by atoms with Crippen LogP contribution >= 0.6 is 23.1 Å². The quantitative estimate of drug-likeness (QED) is 0.651. The molecule has 0 aliphatic carbocycles. The lowest BCUT2D eigenvalue weighted by Crippen LogP contribution is -2.22. The number of rotatable bonds is 5. The van der Waals surface area contributed by atoms with E-state index in [9.17, 15) is 10.1 Å². The van der Waals surface area contributed by atoms with Gasteiger partial charge in [-0.05, 0) is 24.2 Å². The Labute approximate surface area is 103 Å². The van der Waals surface area contributed by atoms with E-state index in [1.165, 1.54) is 29.9 Å². The molecule has 1 fully saturated rings. The number of thioether (sulfide) groups is 1. The summed E-state index contributed by atoms with van der Waals surface area (Å²) in [6.07, 6.45) is 2.61. The van der Waals surface area contributed by atoms with Crippen molar-refractivity contribution in [3.63, 3.8) is 0 Å². The highest BCUT2D eigenvalue weighted by atomic mass is 32.2. The van der Waals surface area contributed by atoms with Crippen LogP contribution in [0.1, 0.15) is 18.4 Å². The number of nitrogens with zero attached hydrogens (tertiary/aromatic N) is 1. The van der Waals surface area contributed by atoms with Crippen molar-refractivity contribution in [2.75, 3.05) is 12.3 Å². The minimum absolute atomic E-state index is 0.229. The van der Waals surface area contributed by atoms with Crippen LogP contribution in [0.15, 0.2) is 11.4 Å². The number of nitrogens with one attached hydrogen (secondary N) is 1. The molecule has 0 spiro atoms. The summed E-state index contributed by atoms with van der Waals surface area (Å²) in [5.74, 6) is 1.27. The van der Waals surface area contributed by atoms with E-state index < -0.39 is 0 Å². The van der Waals surface area contributed by atoms with Crippen LogP contribution in [0.2, 0.25) is 0 Å². The van der Waals surface area contributed by atoms with Crippen LogP contribution in [0.5, 0.6) is 0 Å². The van der Waals surface area contributed by atoms with Gasteiger partial charge in [-0.3, -0.25) is 10.1 Å². The molecule has 16 heavy (non-hydrogen) atoms. The molecular weight excluding hydrogens is 244 g/mol.